The summed E-state index contributed by atoms with van der Waals surface area (Å²) in [4.78, 5) is 5.13. The maximum absolute atomic E-state index is 2.57. The Bertz CT molecular complexity index is 6890. The number of aromatic nitrogens is 4. The van der Waals surface area contributed by atoms with Gasteiger partial charge >= 0.3 is 0 Å². The van der Waals surface area contributed by atoms with Crippen LogP contribution in [-0.2, 0) is 21.7 Å². The van der Waals surface area contributed by atoms with Gasteiger partial charge in [-0.2, -0.15) is 0 Å². The number of para-hydroxylation sites is 8. The van der Waals surface area contributed by atoms with E-state index in [9.17, 15) is 0 Å². The molecular formula is C108H80N6. The van der Waals surface area contributed by atoms with Gasteiger partial charge < -0.3 is 28.1 Å². The zero-order valence-corrected chi connectivity index (χ0v) is 65.0. The van der Waals surface area contributed by atoms with Crippen LogP contribution in [0.4, 0.5) is 34.1 Å². The quantitative estimate of drug-likeness (QED) is 0.159. The molecule has 16 aromatic carbocycles. The van der Waals surface area contributed by atoms with E-state index in [1.807, 2.05) is 0 Å². The molecule has 0 spiro atoms. The highest BCUT2D eigenvalue weighted by atomic mass is 15.2. The van der Waals surface area contributed by atoms with Crippen molar-refractivity contribution in [3.8, 4) is 56.1 Å². The first-order chi connectivity index (χ1) is 55.6. The van der Waals surface area contributed by atoms with Gasteiger partial charge in [-0.3, -0.25) is 0 Å². The molecule has 6 heteroatoms. The minimum atomic E-state index is -0.279. The molecule has 0 saturated carbocycles. The van der Waals surface area contributed by atoms with Gasteiger partial charge in [-0.1, -0.05) is 225 Å². The Morgan fingerprint density at radius 2 is 0.368 bits per heavy atom. The Kier molecular flexibility index (Phi) is 13.1. The van der Waals surface area contributed by atoms with Crippen molar-refractivity contribution in [2.24, 2.45) is 0 Å². The van der Waals surface area contributed by atoms with Gasteiger partial charge in [0.1, 0.15) is 0 Å². The van der Waals surface area contributed by atoms with Crippen molar-refractivity contribution in [2.75, 3.05) is 9.80 Å². The standard InChI is InChI=1S/C108H80N6/c1-105(2)83-29-13-21-37-99(83)113-100-38-22-14-30-84(100)106(3,4)88-62-69(61-87(105)103(88)113)67-43-55-97-81(59-67)79-57-65(41-53-95(79)111(97)73-49-45-71(46-50-73)109-91-33-17-9-25-75(91)76-26-10-18-34-92(76)109)66-42-54-96-80(58-66)82-60-68(44-56-98(82)112(96)74-51-47-72(48-52-74)110-93-35-19-11-27-77(93)78-28-12-20-36-94(78)110)70-63-89-104-90(64-70)108(7,8)86-32-16-24-40-102(86)114(104)101-39-23-15-31-85(101)107(89,5)6/h9-64H,1-8H3. The third kappa shape index (κ3) is 8.74. The molecule has 0 aliphatic carbocycles. The minimum absolute atomic E-state index is 0.279. The highest BCUT2D eigenvalue weighted by Crippen LogP contribution is 2.63. The summed E-state index contributed by atoms with van der Waals surface area (Å²) in [6.07, 6.45) is 0. The van der Waals surface area contributed by atoms with Crippen molar-refractivity contribution < 1.29 is 0 Å². The fraction of sp³-hybridized carbons (Fsp3) is 0.111. The topological polar surface area (TPSA) is 26.2 Å². The molecule has 0 N–H and O–H groups in total. The van der Waals surface area contributed by atoms with Gasteiger partial charge in [0.15, 0.2) is 0 Å². The lowest BCUT2D eigenvalue weighted by molar-refractivity contribution is 0.597. The lowest BCUT2D eigenvalue weighted by atomic mass is 9.65. The van der Waals surface area contributed by atoms with Crippen molar-refractivity contribution in [3.05, 3.63) is 384 Å². The maximum atomic E-state index is 2.57. The molecule has 0 bridgehead atoms. The zero-order chi connectivity index (χ0) is 76.2. The average molecular weight is 1460 g/mol. The Labute approximate surface area is 662 Å². The fourth-order valence-electron chi connectivity index (χ4n) is 21.3. The number of benzene rings is 16. The second kappa shape index (κ2) is 23.0. The van der Waals surface area contributed by atoms with Gasteiger partial charge in [0.2, 0.25) is 0 Å². The van der Waals surface area contributed by atoms with E-state index in [0.29, 0.717) is 0 Å². The summed E-state index contributed by atoms with van der Waals surface area (Å²) in [5.41, 5.74) is 38.3. The van der Waals surface area contributed by atoms with Crippen molar-refractivity contribution in [1.29, 1.82) is 0 Å². The summed E-state index contributed by atoms with van der Waals surface area (Å²) in [5.74, 6) is 0. The van der Waals surface area contributed by atoms with Crippen LogP contribution >= 0.6 is 0 Å². The van der Waals surface area contributed by atoms with E-state index in [4.69, 9.17) is 0 Å². The van der Waals surface area contributed by atoms with Gasteiger partial charge in [-0.25, -0.2) is 0 Å². The Hall–Kier alpha value is -13.7. The monoisotopic (exact) mass is 1460 g/mol. The lowest BCUT2D eigenvalue weighted by Crippen LogP contribution is -2.38. The van der Waals surface area contributed by atoms with E-state index in [1.54, 1.807) is 0 Å². The van der Waals surface area contributed by atoms with Crippen LogP contribution in [0.1, 0.15) is 99.9 Å². The molecule has 0 amide bonds. The molecule has 8 heterocycles. The van der Waals surface area contributed by atoms with Crippen LogP contribution in [0.25, 0.3) is 143 Å². The predicted octanol–water partition coefficient (Wildman–Crippen LogP) is 28.6. The fourth-order valence-corrected chi connectivity index (χ4v) is 21.3. The predicted molar refractivity (Wildman–Crippen MR) is 478 cm³/mol. The number of fused-ring (bicyclic) bond motifs is 20. The van der Waals surface area contributed by atoms with Crippen molar-refractivity contribution in [1.82, 2.24) is 18.3 Å². The number of nitrogens with zero attached hydrogens (tertiary/aromatic N) is 6. The first kappa shape index (κ1) is 65.1. The van der Waals surface area contributed by atoms with Crippen LogP contribution < -0.4 is 9.80 Å². The van der Waals surface area contributed by atoms with Gasteiger partial charge in [-0.15, -0.1) is 0 Å². The van der Waals surface area contributed by atoms with Gasteiger partial charge in [0, 0.05) is 87.5 Å². The number of anilines is 6. The van der Waals surface area contributed by atoms with Crippen molar-refractivity contribution in [2.45, 2.75) is 77.0 Å². The van der Waals surface area contributed by atoms with E-state index in [1.165, 1.54) is 166 Å². The summed E-state index contributed by atoms with van der Waals surface area (Å²) in [6, 6.07) is 129. The smallest absolute Gasteiger partial charge is 0.0544 e. The Morgan fingerprint density at radius 1 is 0.167 bits per heavy atom. The molecule has 4 aliphatic rings. The van der Waals surface area contributed by atoms with E-state index < -0.39 is 0 Å². The summed E-state index contributed by atoms with van der Waals surface area (Å²) in [7, 11) is 0. The highest BCUT2D eigenvalue weighted by Gasteiger charge is 2.48. The molecule has 0 unspecified atom stereocenters. The van der Waals surface area contributed by atoms with E-state index in [0.717, 1.165) is 55.9 Å². The molecule has 0 atom stereocenters. The molecule has 4 aliphatic heterocycles. The normalized spacial score (nSPS) is 15.1. The first-order valence-corrected chi connectivity index (χ1v) is 40.3. The van der Waals surface area contributed by atoms with Gasteiger partial charge in [-0.05, 0) is 248 Å². The van der Waals surface area contributed by atoms with Gasteiger partial charge in [0.25, 0.3) is 0 Å². The van der Waals surface area contributed by atoms with Gasteiger partial charge in [0.05, 0.1) is 78.3 Å². The van der Waals surface area contributed by atoms with E-state index in [2.05, 4.69) is 423 Å². The Balaban J connectivity index is 0.708. The zero-order valence-electron chi connectivity index (χ0n) is 65.0. The largest absolute Gasteiger partial charge is 0.309 e. The van der Waals surface area contributed by atoms with E-state index in [-0.39, 0.29) is 21.7 Å². The molecular weight excluding hydrogens is 1380 g/mol. The molecule has 24 rings (SSSR count). The number of rotatable bonds is 7. The summed E-state index contributed by atoms with van der Waals surface area (Å²) in [6.45, 7) is 19.4. The van der Waals surface area contributed by atoms with Crippen LogP contribution in [-0.4, -0.2) is 18.3 Å². The van der Waals surface area contributed by atoms with Crippen molar-refractivity contribution in [3.63, 3.8) is 0 Å². The third-order valence-electron chi connectivity index (χ3n) is 27.1. The minimum Gasteiger partial charge on any atom is -0.309 e. The second-order valence-corrected chi connectivity index (χ2v) is 34.5. The molecule has 0 radical (unpaired) electrons. The summed E-state index contributed by atoms with van der Waals surface area (Å²) >= 11 is 0. The molecule has 0 fully saturated rings. The van der Waals surface area contributed by atoms with Crippen molar-refractivity contribution >= 4 is 121 Å². The average Bonchev–Trinajstić information content (AvgIpc) is 1.11. The molecule has 542 valence electrons. The van der Waals surface area contributed by atoms with Crippen LogP contribution in [0.15, 0.2) is 340 Å². The summed E-state index contributed by atoms with van der Waals surface area (Å²) in [5, 5.41) is 9.82. The first-order valence-electron chi connectivity index (χ1n) is 40.3. The Morgan fingerprint density at radius 3 is 0.614 bits per heavy atom. The molecule has 4 aromatic heterocycles. The number of hydrogen-bond donors (Lipinski definition) is 0. The van der Waals surface area contributed by atoms with Crippen LogP contribution in [0.2, 0.25) is 0 Å². The van der Waals surface area contributed by atoms with Crippen LogP contribution in [0.5, 0.6) is 0 Å². The third-order valence-corrected chi connectivity index (χ3v) is 27.1. The van der Waals surface area contributed by atoms with E-state index >= 15 is 0 Å². The SMILES string of the molecule is CC1(C)c2ccccc2N2c3ccccc3C(C)(C)c3cc(-c4ccc5c(c4)c4cc(-c6ccc7c(c6)c6cc(-c8cc9c%10c(c8)C(C)(C)c8ccccc8N%10c8ccccc8C9(C)C)ccc6n7-c6ccc(-n7c8ccccc8c8ccccc87)cc6)ccc4n5-c4ccc(-n5c6ccccc6c6ccccc65)cc4)cc1c32. The second-order valence-electron chi connectivity index (χ2n) is 34.5. The molecule has 6 nitrogen and oxygen atoms in total. The summed E-state index contributed by atoms with van der Waals surface area (Å²) < 4.78 is 9.83. The van der Waals surface area contributed by atoms with Crippen LogP contribution in [0.3, 0.4) is 0 Å². The van der Waals surface area contributed by atoms with Crippen LogP contribution in [0, 0.1) is 0 Å². The lowest BCUT2D eigenvalue weighted by Gasteiger charge is -2.49. The molecule has 114 heavy (non-hydrogen) atoms. The number of hydrogen-bond acceptors (Lipinski definition) is 2. The molecule has 20 aromatic rings. The highest BCUT2D eigenvalue weighted by molar-refractivity contribution is 6.16. The maximum Gasteiger partial charge on any atom is 0.0544 e. The molecule has 0 saturated heterocycles.